The minimum Gasteiger partial charge on any atom is -0.490 e. The molecule has 174 valence electrons. The quantitative estimate of drug-likeness (QED) is 0.326. The lowest BCUT2D eigenvalue weighted by Gasteiger charge is -2.16. The molecule has 5 nitrogen and oxygen atoms in total. The number of benzene rings is 3. The van der Waals surface area contributed by atoms with E-state index in [4.69, 9.17) is 21.1 Å². The van der Waals surface area contributed by atoms with Gasteiger partial charge in [-0.2, -0.15) is 0 Å². The number of thioether (sulfide) groups is 1. The summed E-state index contributed by atoms with van der Waals surface area (Å²) in [6.07, 6.45) is 1.70. The van der Waals surface area contributed by atoms with Crippen LogP contribution in [0.4, 0.5) is 10.5 Å². The lowest BCUT2D eigenvalue weighted by molar-refractivity contribution is -0.113. The number of anilines is 1. The van der Waals surface area contributed by atoms with Crippen molar-refractivity contribution in [2.24, 2.45) is 0 Å². The maximum Gasteiger partial charge on any atom is 0.298 e. The lowest BCUT2D eigenvalue weighted by Crippen LogP contribution is -2.28. The van der Waals surface area contributed by atoms with Crippen molar-refractivity contribution in [3.63, 3.8) is 0 Å². The molecule has 0 unspecified atom stereocenters. The lowest BCUT2D eigenvalue weighted by atomic mass is 10.1. The Bertz CT molecular complexity index is 1290. The van der Waals surface area contributed by atoms with Crippen LogP contribution >= 0.6 is 23.4 Å². The molecule has 0 aliphatic carbocycles. The molecule has 7 heteroatoms. The summed E-state index contributed by atoms with van der Waals surface area (Å²) in [7, 11) is 0. The zero-order valence-corrected chi connectivity index (χ0v) is 20.7. The van der Waals surface area contributed by atoms with E-state index in [2.05, 4.69) is 0 Å². The molecular weight excluding hydrogens is 470 g/mol. The smallest absolute Gasteiger partial charge is 0.298 e. The number of hydrogen-bond donors (Lipinski definition) is 0. The monoisotopic (exact) mass is 493 g/mol. The van der Waals surface area contributed by atoms with Crippen LogP contribution in [0.2, 0.25) is 5.02 Å². The van der Waals surface area contributed by atoms with E-state index < -0.39 is 0 Å². The van der Waals surface area contributed by atoms with Crippen LogP contribution in [-0.4, -0.2) is 17.8 Å². The molecule has 2 amide bonds. The first-order chi connectivity index (χ1) is 16.4. The van der Waals surface area contributed by atoms with E-state index in [0.29, 0.717) is 40.3 Å². The Kier molecular flexibility index (Phi) is 7.29. The number of aryl methyl sites for hydroxylation is 2. The van der Waals surface area contributed by atoms with E-state index in [9.17, 15) is 9.59 Å². The summed E-state index contributed by atoms with van der Waals surface area (Å²) in [5.41, 5.74) is 4.07. The number of hydrogen-bond acceptors (Lipinski definition) is 5. The van der Waals surface area contributed by atoms with Gasteiger partial charge in [0.15, 0.2) is 11.5 Å². The average Bonchev–Trinajstić information content (AvgIpc) is 3.08. The molecule has 34 heavy (non-hydrogen) atoms. The molecule has 1 heterocycles. The topological polar surface area (TPSA) is 55.8 Å². The van der Waals surface area contributed by atoms with Crippen molar-refractivity contribution in [2.75, 3.05) is 11.5 Å². The van der Waals surface area contributed by atoms with Crippen molar-refractivity contribution in [2.45, 2.75) is 27.4 Å². The SMILES string of the molecule is CCOc1cc(/C=C2\SC(=O)N(c3cc(C)ccc3C)C2=O)ccc1OCc1ccccc1Cl. The number of ether oxygens (including phenoxy) is 2. The second-order valence-corrected chi connectivity index (χ2v) is 9.23. The fourth-order valence-corrected chi connectivity index (χ4v) is 4.58. The highest BCUT2D eigenvalue weighted by Crippen LogP contribution is 2.38. The van der Waals surface area contributed by atoms with E-state index in [0.717, 1.165) is 34.0 Å². The van der Waals surface area contributed by atoms with Gasteiger partial charge in [0.05, 0.1) is 17.2 Å². The van der Waals surface area contributed by atoms with Crippen LogP contribution < -0.4 is 14.4 Å². The van der Waals surface area contributed by atoms with Crippen LogP contribution in [0, 0.1) is 13.8 Å². The third-order valence-electron chi connectivity index (χ3n) is 5.31. The number of rotatable bonds is 7. The molecule has 3 aromatic rings. The number of halogens is 1. The van der Waals surface area contributed by atoms with Gasteiger partial charge in [-0.15, -0.1) is 0 Å². The maximum atomic E-state index is 13.1. The minimum absolute atomic E-state index is 0.299. The van der Waals surface area contributed by atoms with Gasteiger partial charge in [0.1, 0.15) is 6.61 Å². The molecule has 0 bridgehead atoms. The molecule has 1 saturated heterocycles. The molecule has 4 rings (SSSR count). The summed E-state index contributed by atoms with van der Waals surface area (Å²) in [5.74, 6) is 0.792. The Hall–Kier alpha value is -3.22. The normalized spacial score (nSPS) is 14.7. The second kappa shape index (κ2) is 10.4. The van der Waals surface area contributed by atoms with Gasteiger partial charge in [0.25, 0.3) is 11.1 Å². The van der Waals surface area contributed by atoms with Gasteiger partial charge in [-0.25, -0.2) is 4.90 Å². The first-order valence-electron chi connectivity index (χ1n) is 10.9. The fraction of sp³-hybridized carbons (Fsp3) is 0.185. The molecule has 0 aromatic heterocycles. The molecule has 1 fully saturated rings. The Morgan fingerprint density at radius 1 is 0.971 bits per heavy atom. The Balaban J connectivity index is 1.58. The fourth-order valence-electron chi connectivity index (χ4n) is 3.56. The van der Waals surface area contributed by atoms with Gasteiger partial charge in [0, 0.05) is 10.6 Å². The molecular formula is C27H24ClNO4S. The summed E-state index contributed by atoms with van der Waals surface area (Å²) in [5, 5.41) is 0.325. The van der Waals surface area contributed by atoms with Gasteiger partial charge in [-0.05, 0) is 79.6 Å². The van der Waals surface area contributed by atoms with Crippen LogP contribution in [-0.2, 0) is 11.4 Å². The third-order valence-corrected chi connectivity index (χ3v) is 6.54. The number of amides is 2. The average molecular weight is 494 g/mol. The highest BCUT2D eigenvalue weighted by Gasteiger charge is 2.37. The summed E-state index contributed by atoms with van der Waals surface area (Å²) < 4.78 is 11.7. The summed E-state index contributed by atoms with van der Waals surface area (Å²) in [4.78, 5) is 27.4. The first-order valence-corrected chi connectivity index (χ1v) is 12.0. The maximum absolute atomic E-state index is 13.1. The van der Waals surface area contributed by atoms with E-state index in [1.807, 2.05) is 69.3 Å². The van der Waals surface area contributed by atoms with Gasteiger partial charge in [0.2, 0.25) is 0 Å². The van der Waals surface area contributed by atoms with E-state index in [1.54, 1.807) is 18.2 Å². The summed E-state index contributed by atoms with van der Waals surface area (Å²) in [6.45, 7) is 6.46. The number of nitrogens with zero attached hydrogens (tertiary/aromatic N) is 1. The highest BCUT2D eigenvalue weighted by atomic mass is 35.5. The van der Waals surface area contributed by atoms with Gasteiger partial charge < -0.3 is 9.47 Å². The Morgan fingerprint density at radius 2 is 1.76 bits per heavy atom. The van der Waals surface area contributed by atoms with E-state index in [-0.39, 0.29) is 11.1 Å². The zero-order chi connectivity index (χ0) is 24.2. The molecule has 0 atom stereocenters. The van der Waals surface area contributed by atoms with E-state index >= 15 is 0 Å². The predicted molar refractivity (Wildman–Crippen MR) is 138 cm³/mol. The van der Waals surface area contributed by atoms with Gasteiger partial charge >= 0.3 is 0 Å². The van der Waals surface area contributed by atoms with Crippen molar-refractivity contribution >= 4 is 46.3 Å². The van der Waals surface area contributed by atoms with Crippen LogP contribution in [0.3, 0.4) is 0 Å². The molecule has 0 radical (unpaired) electrons. The molecule has 0 spiro atoms. The second-order valence-electron chi connectivity index (χ2n) is 7.83. The van der Waals surface area contributed by atoms with Crippen molar-refractivity contribution in [1.82, 2.24) is 0 Å². The van der Waals surface area contributed by atoms with Crippen molar-refractivity contribution in [1.29, 1.82) is 0 Å². The third kappa shape index (κ3) is 5.13. The Labute approximate surface area is 208 Å². The largest absolute Gasteiger partial charge is 0.490 e. The molecule has 0 N–H and O–H groups in total. The highest BCUT2D eigenvalue weighted by molar-refractivity contribution is 8.19. The standard InChI is InChI=1S/C27H24ClNO4S/c1-4-32-24-14-19(11-12-23(24)33-16-20-7-5-6-8-21(20)28)15-25-26(30)29(27(31)34-25)22-13-17(2)9-10-18(22)3/h5-15H,4,16H2,1-3H3/b25-15-. The first kappa shape index (κ1) is 23.9. The molecule has 0 saturated carbocycles. The molecule has 1 aliphatic heterocycles. The summed E-state index contributed by atoms with van der Waals surface area (Å²) in [6, 6.07) is 18.6. The van der Waals surface area contributed by atoms with E-state index in [1.165, 1.54) is 4.90 Å². The molecule has 3 aromatic carbocycles. The van der Waals surface area contributed by atoms with Crippen LogP contribution in [0.15, 0.2) is 65.6 Å². The van der Waals surface area contributed by atoms with Crippen LogP contribution in [0.1, 0.15) is 29.2 Å². The van der Waals surface area contributed by atoms with Gasteiger partial charge in [-0.1, -0.05) is 48.0 Å². The van der Waals surface area contributed by atoms with Crippen molar-refractivity contribution in [3.8, 4) is 11.5 Å². The number of carbonyl (C=O) groups excluding carboxylic acids is 2. The van der Waals surface area contributed by atoms with Gasteiger partial charge in [-0.3, -0.25) is 9.59 Å². The Morgan fingerprint density at radius 3 is 2.53 bits per heavy atom. The van der Waals surface area contributed by atoms with Crippen LogP contribution in [0.25, 0.3) is 6.08 Å². The van der Waals surface area contributed by atoms with Crippen molar-refractivity contribution < 1.29 is 19.1 Å². The minimum atomic E-state index is -0.333. The molecule has 1 aliphatic rings. The van der Waals surface area contributed by atoms with Crippen LogP contribution in [0.5, 0.6) is 11.5 Å². The zero-order valence-electron chi connectivity index (χ0n) is 19.1. The van der Waals surface area contributed by atoms with Crippen molar-refractivity contribution in [3.05, 3.63) is 92.8 Å². The predicted octanol–water partition coefficient (Wildman–Crippen LogP) is 7.18. The number of imide groups is 1. The summed E-state index contributed by atoms with van der Waals surface area (Å²) >= 11 is 7.16. The number of carbonyl (C=O) groups is 2.